The van der Waals surface area contributed by atoms with E-state index in [1.54, 1.807) is 35.7 Å². The summed E-state index contributed by atoms with van der Waals surface area (Å²) in [7, 11) is 3.51. The monoisotopic (exact) mass is 361 g/mol. The van der Waals surface area contributed by atoms with Gasteiger partial charge in [0, 0.05) is 31.8 Å². The van der Waals surface area contributed by atoms with Crippen molar-refractivity contribution in [3.8, 4) is 0 Å². The molecule has 132 valence electrons. The maximum atomic E-state index is 12.6. The highest BCUT2D eigenvalue weighted by atomic mass is 32.2. The highest BCUT2D eigenvalue weighted by Crippen LogP contribution is 2.36. The Morgan fingerprint density at radius 1 is 1.48 bits per heavy atom. The van der Waals surface area contributed by atoms with Gasteiger partial charge in [0.15, 0.2) is 5.16 Å². The molecular weight excluding hydrogens is 342 g/mol. The van der Waals surface area contributed by atoms with Gasteiger partial charge >= 0.3 is 0 Å². The SMILES string of the molecule is CC(C1CC1)N(C)C(=O)c1ccc(Sc2nncn2C)c([N+](=O)[O-])c1. The number of nitro benzene ring substituents is 1. The predicted molar refractivity (Wildman–Crippen MR) is 92.5 cm³/mol. The highest BCUT2D eigenvalue weighted by Gasteiger charge is 2.33. The van der Waals surface area contributed by atoms with Gasteiger partial charge in [-0.1, -0.05) is 0 Å². The second-order valence-electron chi connectivity index (χ2n) is 6.26. The molecule has 2 aromatic rings. The summed E-state index contributed by atoms with van der Waals surface area (Å²) in [6.07, 6.45) is 3.79. The van der Waals surface area contributed by atoms with Crippen LogP contribution in [0.1, 0.15) is 30.1 Å². The van der Waals surface area contributed by atoms with E-state index in [1.807, 2.05) is 6.92 Å². The summed E-state index contributed by atoms with van der Waals surface area (Å²) < 4.78 is 1.68. The summed E-state index contributed by atoms with van der Waals surface area (Å²) in [4.78, 5) is 25.7. The Morgan fingerprint density at radius 2 is 2.20 bits per heavy atom. The molecule has 3 rings (SSSR count). The number of aromatic nitrogens is 3. The second kappa shape index (κ2) is 6.83. The number of rotatable bonds is 6. The molecule has 0 N–H and O–H groups in total. The Morgan fingerprint density at radius 3 is 2.76 bits per heavy atom. The zero-order valence-corrected chi connectivity index (χ0v) is 15.1. The van der Waals surface area contributed by atoms with Gasteiger partial charge in [0.2, 0.25) is 0 Å². The molecule has 0 aliphatic heterocycles. The van der Waals surface area contributed by atoms with E-state index in [4.69, 9.17) is 0 Å². The van der Waals surface area contributed by atoms with Gasteiger partial charge in [0.05, 0.1) is 9.82 Å². The van der Waals surface area contributed by atoms with Crippen molar-refractivity contribution in [3.05, 3.63) is 40.2 Å². The van der Waals surface area contributed by atoms with Crippen LogP contribution >= 0.6 is 11.8 Å². The molecule has 1 saturated carbocycles. The average Bonchev–Trinajstić information content (AvgIpc) is 3.37. The van der Waals surface area contributed by atoms with Crippen molar-refractivity contribution in [2.45, 2.75) is 35.9 Å². The summed E-state index contributed by atoms with van der Waals surface area (Å²) >= 11 is 1.15. The van der Waals surface area contributed by atoms with Crippen molar-refractivity contribution >= 4 is 23.4 Å². The van der Waals surface area contributed by atoms with Crippen LogP contribution in [-0.4, -0.2) is 43.6 Å². The van der Waals surface area contributed by atoms with Gasteiger partial charge in [-0.05, 0) is 49.6 Å². The smallest absolute Gasteiger partial charge is 0.284 e. The summed E-state index contributed by atoms with van der Waals surface area (Å²) in [5.74, 6) is 0.340. The number of hydrogen-bond donors (Lipinski definition) is 0. The molecule has 0 radical (unpaired) electrons. The Kier molecular flexibility index (Phi) is 4.76. The summed E-state index contributed by atoms with van der Waals surface area (Å²) in [6, 6.07) is 4.71. The first-order chi connectivity index (χ1) is 11.9. The first-order valence-corrected chi connectivity index (χ1v) is 8.77. The van der Waals surface area contributed by atoms with Gasteiger partial charge < -0.3 is 9.47 Å². The third-order valence-electron chi connectivity index (χ3n) is 4.51. The number of carbonyl (C=O) groups is 1. The van der Waals surface area contributed by atoms with Crippen LogP contribution in [0.15, 0.2) is 34.6 Å². The third-order valence-corrected chi connectivity index (χ3v) is 5.63. The van der Waals surface area contributed by atoms with E-state index in [0.29, 0.717) is 21.5 Å². The third kappa shape index (κ3) is 3.65. The number of nitro groups is 1. The van der Waals surface area contributed by atoms with Gasteiger partial charge in [-0.15, -0.1) is 10.2 Å². The van der Waals surface area contributed by atoms with Crippen LogP contribution in [0.5, 0.6) is 0 Å². The molecule has 1 atom stereocenters. The number of hydrogen-bond acceptors (Lipinski definition) is 6. The van der Waals surface area contributed by atoms with Gasteiger partial charge in [0.1, 0.15) is 6.33 Å². The topological polar surface area (TPSA) is 94.2 Å². The number of aryl methyl sites for hydroxylation is 1. The Labute approximate surface area is 149 Å². The zero-order chi connectivity index (χ0) is 18.1. The Hall–Kier alpha value is -2.42. The maximum absolute atomic E-state index is 12.6. The van der Waals surface area contributed by atoms with Gasteiger partial charge in [0.25, 0.3) is 11.6 Å². The lowest BCUT2D eigenvalue weighted by atomic mass is 10.1. The molecular formula is C16H19N5O3S. The minimum atomic E-state index is -0.472. The molecule has 1 amide bonds. The van der Waals surface area contributed by atoms with Crippen LogP contribution in [0.4, 0.5) is 5.69 Å². The fourth-order valence-electron chi connectivity index (χ4n) is 2.63. The minimum Gasteiger partial charge on any atom is -0.339 e. The molecule has 0 saturated heterocycles. The minimum absolute atomic E-state index is 0.105. The van der Waals surface area contributed by atoms with Crippen molar-refractivity contribution in [1.82, 2.24) is 19.7 Å². The van der Waals surface area contributed by atoms with E-state index in [2.05, 4.69) is 10.2 Å². The summed E-state index contributed by atoms with van der Waals surface area (Å²) in [5.41, 5.74) is 0.218. The molecule has 0 bridgehead atoms. The molecule has 1 aliphatic rings. The van der Waals surface area contributed by atoms with Crippen LogP contribution in [0, 0.1) is 16.0 Å². The molecule has 8 nitrogen and oxygen atoms in total. The van der Waals surface area contributed by atoms with Gasteiger partial charge in [-0.25, -0.2) is 0 Å². The van der Waals surface area contributed by atoms with Crippen LogP contribution in [0.25, 0.3) is 0 Å². The van der Waals surface area contributed by atoms with Crippen LogP contribution in [0.2, 0.25) is 0 Å². The van der Waals surface area contributed by atoms with E-state index >= 15 is 0 Å². The van der Waals surface area contributed by atoms with Crippen molar-refractivity contribution in [2.75, 3.05) is 7.05 Å². The van der Waals surface area contributed by atoms with E-state index in [9.17, 15) is 14.9 Å². The molecule has 25 heavy (non-hydrogen) atoms. The lowest BCUT2D eigenvalue weighted by Gasteiger charge is -2.25. The normalized spacial score (nSPS) is 15.0. The van der Waals surface area contributed by atoms with E-state index in [1.165, 1.54) is 12.4 Å². The van der Waals surface area contributed by atoms with E-state index < -0.39 is 4.92 Å². The van der Waals surface area contributed by atoms with Gasteiger partial charge in [-0.3, -0.25) is 14.9 Å². The second-order valence-corrected chi connectivity index (χ2v) is 7.27. The van der Waals surface area contributed by atoms with Gasteiger partial charge in [-0.2, -0.15) is 0 Å². The molecule has 1 aromatic heterocycles. The first-order valence-electron chi connectivity index (χ1n) is 7.96. The Balaban J connectivity index is 1.87. The highest BCUT2D eigenvalue weighted by molar-refractivity contribution is 7.99. The molecule has 9 heteroatoms. The summed E-state index contributed by atoms with van der Waals surface area (Å²) in [5, 5.41) is 19.7. The fraction of sp³-hybridized carbons (Fsp3) is 0.438. The number of carbonyl (C=O) groups excluding carboxylic acids is 1. The quantitative estimate of drug-likeness (QED) is 0.580. The average molecular weight is 361 g/mol. The lowest BCUT2D eigenvalue weighted by molar-refractivity contribution is -0.387. The van der Waals surface area contributed by atoms with Crippen molar-refractivity contribution in [1.29, 1.82) is 0 Å². The predicted octanol–water partition coefficient (Wildman–Crippen LogP) is 2.75. The standard InChI is InChI=1S/C16H19N5O3S/c1-10(11-4-5-11)20(3)15(22)12-6-7-14(13(8-12)21(23)24)25-16-18-17-9-19(16)2/h6-11H,4-5H2,1-3H3. The fourth-order valence-corrected chi connectivity index (χ4v) is 3.48. The van der Waals surface area contributed by atoms with Crippen molar-refractivity contribution in [3.63, 3.8) is 0 Å². The van der Waals surface area contributed by atoms with Crippen molar-refractivity contribution in [2.24, 2.45) is 13.0 Å². The lowest BCUT2D eigenvalue weighted by Crippen LogP contribution is -2.36. The number of amides is 1. The molecule has 1 aromatic carbocycles. The zero-order valence-electron chi connectivity index (χ0n) is 14.2. The molecule has 1 aliphatic carbocycles. The Bertz CT molecular complexity index is 818. The number of nitrogens with zero attached hydrogens (tertiary/aromatic N) is 5. The van der Waals surface area contributed by atoms with Crippen molar-refractivity contribution < 1.29 is 9.72 Å². The molecule has 1 fully saturated rings. The maximum Gasteiger partial charge on any atom is 0.284 e. The largest absolute Gasteiger partial charge is 0.339 e. The van der Waals surface area contributed by atoms with Crippen LogP contribution in [0.3, 0.4) is 0 Å². The number of benzene rings is 1. The molecule has 1 heterocycles. The molecule has 0 spiro atoms. The van der Waals surface area contributed by atoms with Crippen LogP contribution < -0.4 is 0 Å². The summed E-state index contributed by atoms with van der Waals surface area (Å²) in [6.45, 7) is 2.02. The van der Waals surface area contributed by atoms with E-state index in [0.717, 1.165) is 24.6 Å². The van der Waals surface area contributed by atoms with Crippen LogP contribution in [-0.2, 0) is 7.05 Å². The first kappa shape index (κ1) is 17.4. The molecule has 1 unspecified atom stereocenters. The van der Waals surface area contributed by atoms with E-state index in [-0.39, 0.29) is 17.6 Å².